The van der Waals surface area contributed by atoms with E-state index in [1.165, 1.54) is 13.2 Å². The van der Waals surface area contributed by atoms with Gasteiger partial charge >= 0.3 is 0 Å². The first kappa shape index (κ1) is 21.4. The first-order valence-electron chi connectivity index (χ1n) is 10.2. The van der Waals surface area contributed by atoms with Crippen LogP contribution >= 0.6 is 0 Å². The Kier molecular flexibility index (Phi) is 5.85. The third-order valence-electron chi connectivity index (χ3n) is 5.22. The summed E-state index contributed by atoms with van der Waals surface area (Å²) in [5, 5.41) is 4.68. The smallest absolute Gasteiger partial charge is 0.254 e. The lowest BCUT2D eigenvalue weighted by atomic mass is 10.1. The minimum absolute atomic E-state index is 0.187. The van der Waals surface area contributed by atoms with E-state index in [4.69, 9.17) is 9.72 Å². The Balaban J connectivity index is 1.75. The summed E-state index contributed by atoms with van der Waals surface area (Å²) < 4.78 is 20.9. The fraction of sp³-hybridized carbons (Fsp3) is 0.250. The zero-order valence-corrected chi connectivity index (χ0v) is 18.4. The molecule has 2 aromatic heterocycles. The van der Waals surface area contributed by atoms with Gasteiger partial charge in [0.1, 0.15) is 11.6 Å². The molecule has 0 aliphatic rings. The average Bonchev–Trinajstić information content (AvgIpc) is 3.13. The summed E-state index contributed by atoms with van der Waals surface area (Å²) in [5.74, 6) is 1.46. The maximum atomic E-state index is 14.1. The molecule has 0 aliphatic heterocycles. The number of halogens is 1. The molecule has 0 fully saturated rings. The molecular formula is C24H24FN5O2. The highest BCUT2D eigenvalue weighted by Gasteiger charge is 2.17. The second-order valence-electron chi connectivity index (χ2n) is 7.73. The normalized spacial score (nSPS) is 11.0. The van der Waals surface area contributed by atoms with E-state index in [0.717, 1.165) is 16.8 Å². The van der Waals surface area contributed by atoms with Gasteiger partial charge in [-0.3, -0.25) is 4.79 Å². The molecule has 164 valence electrons. The number of hydrogen-bond acceptors (Lipinski definition) is 5. The fourth-order valence-electron chi connectivity index (χ4n) is 3.67. The van der Waals surface area contributed by atoms with Gasteiger partial charge in [-0.25, -0.2) is 19.0 Å². The molecule has 7 nitrogen and oxygen atoms in total. The largest absolute Gasteiger partial charge is 0.494 e. The third-order valence-corrected chi connectivity index (χ3v) is 5.22. The highest BCUT2D eigenvalue weighted by atomic mass is 19.1. The Bertz CT molecular complexity index is 1340. The van der Waals surface area contributed by atoms with Gasteiger partial charge in [0.25, 0.3) is 5.56 Å². The van der Waals surface area contributed by atoms with Crippen LogP contribution < -0.4 is 10.3 Å². The number of hydrogen-bond donors (Lipinski definition) is 1. The molecular weight excluding hydrogens is 409 g/mol. The molecule has 1 N–H and O–H groups in total. The Hall–Kier alpha value is -3.81. The number of nitrogens with one attached hydrogen (secondary N) is 1. The second kappa shape index (κ2) is 8.74. The molecule has 32 heavy (non-hydrogen) atoms. The van der Waals surface area contributed by atoms with Gasteiger partial charge in [0, 0.05) is 24.1 Å². The molecule has 4 aromatic rings. The Morgan fingerprint density at radius 1 is 1.06 bits per heavy atom. The third kappa shape index (κ3) is 4.44. The van der Waals surface area contributed by atoms with Gasteiger partial charge in [-0.05, 0) is 56.2 Å². The second-order valence-corrected chi connectivity index (χ2v) is 7.73. The summed E-state index contributed by atoms with van der Waals surface area (Å²) in [5.41, 5.74) is 3.65. The summed E-state index contributed by atoms with van der Waals surface area (Å²) >= 11 is 0. The number of H-pyrrole nitrogens is 1. The zero-order valence-electron chi connectivity index (χ0n) is 18.4. The van der Waals surface area contributed by atoms with Gasteiger partial charge in [0.2, 0.25) is 0 Å². The first-order valence-corrected chi connectivity index (χ1v) is 10.2. The average molecular weight is 433 g/mol. The van der Waals surface area contributed by atoms with Crippen molar-refractivity contribution in [2.24, 2.45) is 0 Å². The molecule has 0 bridgehead atoms. The Morgan fingerprint density at radius 2 is 1.88 bits per heavy atom. The number of nitrogens with zero attached hydrogens (tertiary/aromatic N) is 4. The van der Waals surface area contributed by atoms with Crippen molar-refractivity contribution in [1.29, 1.82) is 0 Å². The van der Waals surface area contributed by atoms with Gasteiger partial charge in [-0.15, -0.1) is 0 Å². The molecule has 0 atom stereocenters. The maximum absolute atomic E-state index is 14.1. The van der Waals surface area contributed by atoms with Crippen molar-refractivity contribution in [1.82, 2.24) is 24.7 Å². The van der Waals surface area contributed by atoms with Crippen molar-refractivity contribution in [2.75, 3.05) is 7.11 Å². The predicted molar refractivity (Wildman–Crippen MR) is 119 cm³/mol. The molecule has 0 radical (unpaired) electrons. The number of rotatable bonds is 6. The highest BCUT2D eigenvalue weighted by Crippen LogP contribution is 2.20. The minimum atomic E-state index is -0.434. The van der Waals surface area contributed by atoms with E-state index in [9.17, 15) is 9.18 Å². The summed E-state index contributed by atoms with van der Waals surface area (Å²) in [6.45, 7) is 5.56. The lowest BCUT2D eigenvalue weighted by molar-refractivity contribution is 0.386. The Morgan fingerprint density at radius 3 is 2.56 bits per heavy atom. The van der Waals surface area contributed by atoms with Gasteiger partial charge in [-0.2, -0.15) is 5.10 Å². The maximum Gasteiger partial charge on any atom is 0.254 e. The minimum Gasteiger partial charge on any atom is -0.494 e. The molecule has 8 heteroatoms. The summed E-state index contributed by atoms with van der Waals surface area (Å²) in [6.07, 6.45) is 0.612. The van der Waals surface area contributed by atoms with Crippen LogP contribution in [-0.2, 0) is 12.8 Å². The van der Waals surface area contributed by atoms with E-state index in [2.05, 4.69) is 15.1 Å². The van der Waals surface area contributed by atoms with Gasteiger partial charge in [0.05, 0.1) is 12.8 Å². The predicted octanol–water partition coefficient (Wildman–Crippen LogP) is 3.61. The number of methoxy groups -OCH3 is 1. The Labute approximate surface area is 184 Å². The molecule has 0 saturated heterocycles. The lowest BCUT2D eigenvalue weighted by Gasteiger charge is -2.08. The van der Waals surface area contributed by atoms with Crippen LogP contribution in [0.5, 0.6) is 5.75 Å². The summed E-state index contributed by atoms with van der Waals surface area (Å²) in [4.78, 5) is 24.4. The van der Waals surface area contributed by atoms with E-state index in [1.54, 1.807) is 23.7 Å². The van der Waals surface area contributed by atoms with E-state index in [0.29, 0.717) is 35.2 Å². The van der Waals surface area contributed by atoms with Crippen molar-refractivity contribution in [3.8, 4) is 11.4 Å². The molecule has 2 aromatic carbocycles. The number of ether oxygens (including phenoxy) is 1. The zero-order chi connectivity index (χ0) is 22.8. The van der Waals surface area contributed by atoms with Crippen LogP contribution in [0, 0.1) is 26.6 Å². The number of aromatic nitrogens is 5. The van der Waals surface area contributed by atoms with Crippen LogP contribution in [0.15, 0.2) is 47.3 Å². The monoisotopic (exact) mass is 433 g/mol. The van der Waals surface area contributed by atoms with Crippen molar-refractivity contribution in [2.45, 2.75) is 33.6 Å². The van der Waals surface area contributed by atoms with Crippen molar-refractivity contribution in [3.05, 3.63) is 98.5 Å². The van der Waals surface area contributed by atoms with Crippen LogP contribution in [0.3, 0.4) is 0 Å². The van der Waals surface area contributed by atoms with Crippen LogP contribution in [-0.4, -0.2) is 31.8 Å². The molecule has 0 aliphatic carbocycles. The summed E-state index contributed by atoms with van der Waals surface area (Å²) in [6, 6.07) is 12.7. The van der Waals surface area contributed by atoms with Crippen molar-refractivity contribution >= 4 is 0 Å². The van der Waals surface area contributed by atoms with Gasteiger partial charge in [0.15, 0.2) is 17.4 Å². The number of benzene rings is 2. The molecule has 0 amide bonds. The molecule has 0 spiro atoms. The van der Waals surface area contributed by atoms with Crippen molar-refractivity contribution < 1.29 is 9.13 Å². The van der Waals surface area contributed by atoms with Gasteiger partial charge in [-0.1, -0.05) is 18.2 Å². The van der Waals surface area contributed by atoms with E-state index >= 15 is 0 Å². The molecule has 4 rings (SSSR count). The molecule has 0 unspecified atom stereocenters. The standard InChI is InChI=1S/C24H24FN5O2/c1-14-6-5-7-18(10-14)30-23(13-19-15(2)26-16(3)27-24(19)31)28-22(29-30)12-17-8-9-21(32-4)20(25)11-17/h5-11H,12-13H2,1-4H3,(H,26,27,31). The molecule has 2 heterocycles. The van der Waals surface area contributed by atoms with Crippen LogP contribution in [0.25, 0.3) is 5.69 Å². The van der Waals surface area contributed by atoms with Crippen LogP contribution in [0.2, 0.25) is 0 Å². The summed E-state index contributed by atoms with van der Waals surface area (Å²) in [7, 11) is 1.43. The lowest BCUT2D eigenvalue weighted by Crippen LogP contribution is -2.19. The topological polar surface area (TPSA) is 85.7 Å². The first-order chi connectivity index (χ1) is 15.3. The quantitative estimate of drug-likeness (QED) is 0.502. The number of aryl methyl sites for hydroxylation is 3. The molecule has 0 saturated carbocycles. The highest BCUT2D eigenvalue weighted by molar-refractivity contribution is 5.37. The van der Waals surface area contributed by atoms with E-state index in [-0.39, 0.29) is 17.7 Å². The van der Waals surface area contributed by atoms with Crippen LogP contribution in [0.4, 0.5) is 4.39 Å². The SMILES string of the molecule is COc1ccc(Cc2nc(Cc3c(C)nc(C)[nH]c3=O)n(-c3cccc(C)c3)n2)cc1F. The van der Waals surface area contributed by atoms with Crippen molar-refractivity contribution in [3.63, 3.8) is 0 Å². The fourth-order valence-corrected chi connectivity index (χ4v) is 3.67. The van der Waals surface area contributed by atoms with Crippen LogP contribution in [0.1, 0.15) is 39.9 Å². The van der Waals surface area contributed by atoms with Gasteiger partial charge < -0.3 is 9.72 Å². The van der Waals surface area contributed by atoms with E-state index < -0.39 is 5.82 Å². The number of aromatic amines is 1. The van der Waals surface area contributed by atoms with E-state index in [1.807, 2.05) is 38.1 Å².